The van der Waals surface area contributed by atoms with Crippen molar-refractivity contribution in [1.82, 2.24) is 5.43 Å². The second-order valence-corrected chi connectivity index (χ2v) is 10.9. The Kier molecular flexibility index (Phi) is 10.1. The predicted octanol–water partition coefficient (Wildman–Crippen LogP) is 6.17. The van der Waals surface area contributed by atoms with Gasteiger partial charge in [-0.05, 0) is 67.4 Å². The normalized spacial score (nSPS) is 11.2. The van der Waals surface area contributed by atoms with Crippen LogP contribution in [0.25, 0.3) is 0 Å². The maximum absolute atomic E-state index is 12.8. The molecule has 1 N–H and O–H groups in total. The van der Waals surface area contributed by atoms with Gasteiger partial charge < -0.3 is 18.4 Å². The molecule has 1 amide bonds. The van der Waals surface area contributed by atoms with Gasteiger partial charge in [0.05, 0.1) is 25.0 Å². The van der Waals surface area contributed by atoms with Gasteiger partial charge in [-0.3, -0.25) is 4.79 Å². The van der Waals surface area contributed by atoms with Crippen LogP contribution in [-0.2, 0) is 16.7 Å². The van der Waals surface area contributed by atoms with Gasteiger partial charge in [0.2, 0.25) is 5.75 Å². The summed E-state index contributed by atoms with van der Waals surface area (Å²) in [5.41, 5.74) is 5.09. The van der Waals surface area contributed by atoms with Gasteiger partial charge in [0.15, 0.2) is 17.2 Å². The third kappa shape index (κ3) is 7.80. The molecule has 9 nitrogen and oxygen atoms in total. The topological polar surface area (TPSA) is 113 Å². The third-order valence-corrected chi connectivity index (χ3v) is 7.39. The van der Waals surface area contributed by atoms with E-state index in [9.17, 15) is 13.2 Å². The van der Waals surface area contributed by atoms with Crippen LogP contribution in [0, 0.1) is 6.92 Å². The van der Waals surface area contributed by atoms with Crippen LogP contribution in [0.5, 0.6) is 23.0 Å². The molecule has 11 heteroatoms. The Morgan fingerprint density at radius 1 is 0.929 bits per heavy atom. The number of nitrogens with one attached hydrogen (secondary N) is 1. The van der Waals surface area contributed by atoms with E-state index in [1.54, 1.807) is 30.3 Å². The van der Waals surface area contributed by atoms with Gasteiger partial charge in [-0.25, -0.2) is 5.43 Å². The van der Waals surface area contributed by atoms with E-state index >= 15 is 0 Å². The van der Waals surface area contributed by atoms with Crippen LogP contribution in [0.4, 0.5) is 0 Å². The Labute approximate surface area is 249 Å². The van der Waals surface area contributed by atoms with Crippen molar-refractivity contribution in [1.29, 1.82) is 0 Å². The van der Waals surface area contributed by atoms with Crippen molar-refractivity contribution in [2.24, 2.45) is 5.10 Å². The van der Waals surface area contributed by atoms with E-state index in [4.69, 9.17) is 30.0 Å². The average molecular weight is 609 g/mol. The van der Waals surface area contributed by atoms with Crippen LogP contribution >= 0.6 is 11.6 Å². The Balaban J connectivity index is 1.45. The highest BCUT2D eigenvalue weighted by Crippen LogP contribution is 2.38. The number of aryl methyl sites for hydroxylation is 1. The number of hydrogen-bond acceptors (Lipinski definition) is 8. The van der Waals surface area contributed by atoms with Crippen molar-refractivity contribution >= 4 is 33.8 Å². The molecule has 0 aliphatic heterocycles. The van der Waals surface area contributed by atoms with Crippen LogP contribution in [0.1, 0.15) is 34.0 Å². The van der Waals surface area contributed by atoms with Crippen molar-refractivity contribution in [2.45, 2.75) is 25.3 Å². The lowest BCUT2D eigenvalue weighted by molar-refractivity contribution is 0.0954. The number of nitrogens with zero attached hydrogens (tertiary/aromatic N) is 1. The third-order valence-electron chi connectivity index (χ3n) is 5.88. The smallest absolute Gasteiger partial charge is 0.339 e. The van der Waals surface area contributed by atoms with Crippen LogP contribution in [-0.4, -0.2) is 34.3 Å². The molecule has 0 bridgehead atoms. The average Bonchev–Trinajstić information content (AvgIpc) is 2.98. The van der Waals surface area contributed by atoms with E-state index in [-0.39, 0.29) is 21.4 Å². The first kappa shape index (κ1) is 30.4. The molecule has 0 aliphatic carbocycles. The zero-order chi connectivity index (χ0) is 30.1. The largest absolute Gasteiger partial charge is 0.493 e. The molecule has 0 saturated heterocycles. The fraction of sp³-hybridized carbons (Fsp3) is 0.161. The lowest BCUT2D eigenvalue weighted by Crippen LogP contribution is -2.17. The second kappa shape index (κ2) is 13.9. The molecule has 218 valence electrons. The molecule has 42 heavy (non-hydrogen) atoms. The van der Waals surface area contributed by atoms with Gasteiger partial charge in [0, 0.05) is 5.56 Å². The summed E-state index contributed by atoms with van der Waals surface area (Å²) in [5.74, 6) is 0.355. The van der Waals surface area contributed by atoms with Crippen molar-refractivity contribution in [3.8, 4) is 23.0 Å². The molecule has 4 aromatic rings. The lowest BCUT2D eigenvalue weighted by Gasteiger charge is -2.13. The zero-order valence-corrected chi connectivity index (χ0v) is 24.7. The Bertz CT molecular complexity index is 1680. The summed E-state index contributed by atoms with van der Waals surface area (Å²) in [4.78, 5) is 12.8. The first-order valence-corrected chi connectivity index (χ1v) is 14.6. The van der Waals surface area contributed by atoms with Gasteiger partial charge >= 0.3 is 10.1 Å². The monoisotopic (exact) mass is 608 g/mol. The van der Waals surface area contributed by atoms with Crippen molar-refractivity contribution in [3.05, 3.63) is 112 Å². The minimum Gasteiger partial charge on any atom is -0.493 e. The molecule has 4 aromatic carbocycles. The maximum atomic E-state index is 12.8. The summed E-state index contributed by atoms with van der Waals surface area (Å²) < 4.78 is 47.7. The molecule has 0 saturated carbocycles. The highest BCUT2D eigenvalue weighted by Gasteiger charge is 2.22. The molecule has 0 unspecified atom stereocenters. The van der Waals surface area contributed by atoms with Crippen LogP contribution in [0.3, 0.4) is 0 Å². The van der Waals surface area contributed by atoms with Gasteiger partial charge in [0.25, 0.3) is 5.91 Å². The van der Waals surface area contributed by atoms with Crippen molar-refractivity contribution in [2.75, 3.05) is 13.7 Å². The standard InChI is InChI=1S/C31H29ClN2O7S/c1-4-39-28-18-24(12-15-27(28)40-20-22-8-6-5-7-9-22)31(35)34-33-19-23-16-26(32)30(29(17-23)38-3)41-42(36,37)25-13-10-21(2)11-14-25/h5-19H,4,20H2,1-3H3,(H,34,35)/b33-19+. The number of hydrogen-bond donors (Lipinski definition) is 1. The first-order chi connectivity index (χ1) is 20.2. The highest BCUT2D eigenvalue weighted by atomic mass is 35.5. The molecular formula is C31H29ClN2O7S. The number of amides is 1. The fourth-order valence-corrected chi connectivity index (χ4v) is 5.02. The number of halogens is 1. The van der Waals surface area contributed by atoms with Crippen LogP contribution < -0.4 is 23.8 Å². The molecule has 0 fully saturated rings. The van der Waals surface area contributed by atoms with E-state index in [0.29, 0.717) is 35.8 Å². The first-order valence-electron chi connectivity index (χ1n) is 12.9. The molecule has 0 radical (unpaired) electrons. The van der Waals surface area contributed by atoms with Crippen LogP contribution in [0.15, 0.2) is 94.9 Å². The molecule has 4 rings (SSSR count). The van der Waals surface area contributed by atoms with Crippen molar-refractivity contribution in [3.63, 3.8) is 0 Å². The second-order valence-electron chi connectivity index (χ2n) is 8.95. The summed E-state index contributed by atoms with van der Waals surface area (Å²) >= 11 is 6.35. The van der Waals surface area contributed by atoms with E-state index in [1.165, 1.54) is 37.6 Å². The number of benzene rings is 4. The summed E-state index contributed by atoms with van der Waals surface area (Å²) in [6.45, 7) is 4.42. The molecule has 0 atom stereocenters. The van der Waals surface area contributed by atoms with Crippen LogP contribution in [0.2, 0.25) is 5.02 Å². The number of carbonyl (C=O) groups excluding carboxylic acids is 1. The van der Waals surface area contributed by atoms with Crippen molar-refractivity contribution < 1.29 is 31.6 Å². The predicted molar refractivity (Wildman–Crippen MR) is 160 cm³/mol. The number of carbonyl (C=O) groups is 1. The zero-order valence-electron chi connectivity index (χ0n) is 23.2. The molecule has 0 heterocycles. The van der Waals surface area contributed by atoms with Gasteiger partial charge in [-0.2, -0.15) is 13.5 Å². The Hall–Kier alpha value is -4.54. The van der Waals surface area contributed by atoms with E-state index in [1.807, 2.05) is 44.2 Å². The van der Waals surface area contributed by atoms with E-state index in [2.05, 4.69) is 10.5 Å². The molecule has 0 aromatic heterocycles. The minimum atomic E-state index is -4.16. The minimum absolute atomic E-state index is 0.0229. The summed E-state index contributed by atoms with van der Waals surface area (Å²) in [5, 5.41) is 3.98. The number of rotatable bonds is 12. The SMILES string of the molecule is CCOc1cc(C(=O)N/N=C/c2cc(Cl)c(OS(=O)(=O)c3ccc(C)cc3)c(OC)c2)ccc1OCc1ccccc1. The Morgan fingerprint density at radius 2 is 1.67 bits per heavy atom. The number of hydrazone groups is 1. The molecule has 0 aliphatic rings. The summed E-state index contributed by atoms with van der Waals surface area (Å²) in [6, 6.07) is 23.7. The molecule has 0 spiro atoms. The van der Waals surface area contributed by atoms with Gasteiger partial charge in [-0.15, -0.1) is 0 Å². The number of ether oxygens (including phenoxy) is 3. The molecular weight excluding hydrogens is 580 g/mol. The van der Waals surface area contributed by atoms with Gasteiger partial charge in [-0.1, -0.05) is 59.6 Å². The summed E-state index contributed by atoms with van der Waals surface area (Å²) in [7, 11) is -2.81. The summed E-state index contributed by atoms with van der Waals surface area (Å²) in [6.07, 6.45) is 1.34. The quantitative estimate of drug-likeness (QED) is 0.116. The van der Waals surface area contributed by atoms with Gasteiger partial charge in [0.1, 0.15) is 11.5 Å². The van der Waals surface area contributed by atoms with E-state index in [0.717, 1.165) is 11.1 Å². The Morgan fingerprint density at radius 3 is 2.36 bits per heavy atom. The fourth-order valence-electron chi connectivity index (χ4n) is 3.76. The maximum Gasteiger partial charge on any atom is 0.339 e. The number of methoxy groups -OCH3 is 1. The lowest BCUT2D eigenvalue weighted by atomic mass is 10.2. The van der Waals surface area contributed by atoms with E-state index < -0.39 is 16.0 Å². The highest BCUT2D eigenvalue weighted by molar-refractivity contribution is 7.87.